The van der Waals surface area contributed by atoms with E-state index < -0.39 is 24.4 Å². The molecule has 1 atom stereocenters. The van der Waals surface area contributed by atoms with Crippen LogP contribution in [0.5, 0.6) is 11.5 Å². The Morgan fingerprint density at radius 1 is 1.13 bits per heavy atom. The summed E-state index contributed by atoms with van der Waals surface area (Å²) in [4.78, 5) is 12.1. The number of hydrogen-bond acceptors (Lipinski definition) is 8. The third kappa shape index (κ3) is 6.59. The summed E-state index contributed by atoms with van der Waals surface area (Å²) in [6.45, 7) is -0.527. The van der Waals surface area contributed by atoms with Crippen LogP contribution < -0.4 is 15.4 Å². The third-order valence-electron chi connectivity index (χ3n) is 5.42. The summed E-state index contributed by atoms with van der Waals surface area (Å²) in [7, 11) is 1.72. The van der Waals surface area contributed by atoms with Crippen molar-refractivity contribution in [3.05, 3.63) is 87.5 Å². The zero-order chi connectivity index (χ0) is 27.2. The fourth-order valence-corrected chi connectivity index (χ4v) is 3.84. The number of aromatic nitrogens is 2. The first kappa shape index (κ1) is 27.3. The molecule has 0 aliphatic heterocycles. The Labute approximate surface area is 227 Å². The highest BCUT2D eigenvalue weighted by atomic mass is 35.5. The van der Waals surface area contributed by atoms with E-state index in [1.54, 1.807) is 49.5 Å². The quantitative estimate of drug-likeness (QED) is 0.220. The molecule has 0 bridgehead atoms. The molecule has 0 saturated heterocycles. The monoisotopic (exact) mass is 560 g/mol. The molecule has 1 unspecified atom stereocenters. The zero-order valence-corrected chi connectivity index (χ0v) is 21.6. The first-order valence-electron chi connectivity index (χ1n) is 11.4. The van der Waals surface area contributed by atoms with Crippen LogP contribution >= 0.6 is 23.2 Å². The zero-order valence-electron chi connectivity index (χ0n) is 20.0. The van der Waals surface area contributed by atoms with E-state index in [0.717, 1.165) is 0 Å². The van der Waals surface area contributed by atoms with Crippen molar-refractivity contribution in [1.29, 1.82) is 0 Å². The number of nitrogens with zero attached hydrogens (tertiary/aromatic N) is 2. The predicted molar refractivity (Wildman–Crippen MR) is 140 cm³/mol. The molecular weight excluding hydrogens is 538 g/mol. The number of rotatable bonds is 10. The van der Waals surface area contributed by atoms with Gasteiger partial charge in [-0.1, -0.05) is 29.3 Å². The minimum atomic E-state index is -1.04. The molecule has 0 saturated carbocycles. The predicted octanol–water partition coefficient (Wildman–Crippen LogP) is 4.69. The van der Waals surface area contributed by atoms with Crippen LogP contribution in [-0.4, -0.2) is 52.6 Å². The van der Waals surface area contributed by atoms with E-state index >= 15 is 4.39 Å². The summed E-state index contributed by atoms with van der Waals surface area (Å²) in [6, 6.07) is 14.3. The Morgan fingerprint density at radius 2 is 1.89 bits per heavy atom. The molecule has 0 aliphatic rings. The number of ether oxygens (including phenoxy) is 1. The lowest BCUT2D eigenvalue weighted by Crippen LogP contribution is -2.33. The standard InChI is InChI=1S/C26H23Cl2FN4O5/c1-30-18-9-17(27)10-20(11-18)37-24-21(28)7-6-16(23(24)29)8-22-32-33-26(38-22)15-4-2-14(3-5-15)25(36)31-12-19(35)13-34/h2-7,9-11,19,30,34-35H,8,12-13H2,1H3,(H,31,36). The van der Waals surface area contributed by atoms with Crippen LogP contribution in [0.1, 0.15) is 21.8 Å². The van der Waals surface area contributed by atoms with Crippen molar-refractivity contribution in [2.75, 3.05) is 25.5 Å². The second kappa shape index (κ2) is 12.2. The molecule has 0 aliphatic carbocycles. The van der Waals surface area contributed by atoms with Gasteiger partial charge < -0.3 is 30.0 Å². The van der Waals surface area contributed by atoms with Crippen LogP contribution in [0, 0.1) is 5.82 Å². The maximum atomic E-state index is 15.4. The van der Waals surface area contributed by atoms with Gasteiger partial charge in [-0.15, -0.1) is 10.2 Å². The van der Waals surface area contributed by atoms with Gasteiger partial charge in [0.05, 0.1) is 24.2 Å². The number of halogens is 3. The van der Waals surface area contributed by atoms with Crippen molar-refractivity contribution in [2.24, 2.45) is 0 Å². The normalized spacial score (nSPS) is 11.7. The van der Waals surface area contributed by atoms with Crippen molar-refractivity contribution in [3.8, 4) is 23.0 Å². The summed E-state index contributed by atoms with van der Waals surface area (Å²) < 4.78 is 26.8. The van der Waals surface area contributed by atoms with Crippen LogP contribution in [0.15, 0.2) is 59.0 Å². The molecule has 0 radical (unpaired) electrons. The van der Waals surface area contributed by atoms with Crippen LogP contribution in [0.25, 0.3) is 11.5 Å². The van der Waals surface area contributed by atoms with Crippen LogP contribution in [-0.2, 0) is 6.42 Å². The highest BCUT2D eigenvalue weighted by Crippen LogP contribution is 2.36. The number of carbonyl (C=O) groups is 1. The van der Waals surface area contributed by atoms with E-state index in [0.29, 0.717) is 27.6 Å². The van der Waals surface area contributed by atoms with Gasteiger partial charge in [0, 0.05) is 47.1 Å². The lowest BCUT2D eigenvalue weighted by Gasteiger charge is -2.12. The maximum Gasteiger partial charge on any atom is 0.251 e. The van der Waals surface area contributed by atoms with Crippen LogP contribution in [0.4, 0.5) is 10.1 Å². The number of carbonyl (C=O) groups excluding carboxylic acids is 1. The van der Waals surface area contributed by atoms with Crippen LogP contribution in [0.2, 0.25) is 10.0 Å². The molecular formula is C26H23Cl2FN4O5. The number of amides is 1. The Kier molecular flexibility index (Phi) is 8.80. The number of anilines is 1. The average Bonchev–Trinajstić information content (AvgIpc) is 3.39. The molecule has 4 N–H and O–H groups in total. The molecule has 12 heteroatoms. The van der Waals surface area contributed by atoms with Gasteiger partial charge in [-0.25, -0.2) is 4.39 Å². The number of benzene rings is 3. The van der Waals surface area contributed by atoms with Gasteiger partial charge in [0.15, 0.2) is 11.6 Å². The fraction of sp³-hybridized carbons (Fsp3) is 0.192. The Balaban J connectivity index is 1.48. The SMILES string of the molecule is CNc1cc(Cl)cc(Oc2c(Cl)ccc(Cc3nnc(-c4ccc(C(=O)NCC(O)CO)cc4)o3)c2F)c1. The third-order valence-corrected chi connectivity index (χ3v) is 5.94. The van der Waals surface area contributed by atoms with Crippen molar-refractivity contribution in [1.82, 2.24) is 15.5 Å². The molecule has 0 spiro atoms. The van der Waals surface area contributed by atoms with Gasteiger partial charge in [-0.2, -0.15) is 0 Å². The van der Waals surface area contributed by atoms with Gasteiger partial charge in [0.25, 0.3) is 5.91 Å². The van der Waals surface area contributed by atoms with E-state index in [9.17, 15) is 9.90 Å². The first-order chi connectivity index (χ1) is 18.3. The lowest BCUT2D eigenvalue weighted by molar-refractivity contribution is 0.0802. The van der Waals surface area contributed by atoms with Gasteiger partial charge in [0.2, 0.25) is 11.8 Å². The molecule has 4 rings (SSSR count). The Morgan fingerprint density at radius 3 is 2.61 bits per heavy atom. The summed E-state index contributed by atoms with van der Waals surface area (Å²) in [5.74, 6) is -0.592. The summed E-state index contributed by atoms with van der Waals surface area (Å²) in [5.41, 5.74) is 1.81. The Bertz CT molecular complexity index is 1430. The van der Waals surface area contributed by atoms with E-state index in [-0.39, 0.29) is 41.1 Å². The van der Waals surface area contributed by atoms with Crippen molar-refractivity contribution in [2.45, 2.75) is 12.5 Å². The maximum absolute atomic E-state index is 15.4. The molecule has 3 aromatic carbocycles. The van der Waals surface area contributed by atoms with Crippen molar-refractivity contribution in [3.63, 3.8) is 0 Å². The molecule has 38 heavy (non-hydrogen) atoms. The summed E-state index contributed by atoms with van der Waals surface area (Å²) in [5, 5.41) is 32.2. The second-order valence-corrected chi connectivity index (χ2v) is 9.02. The molecule has 0 fully saturated rings. The van der Waals surface area contributed by atoms with E-state index in [4.69, 9.17) is 37.5 Å². The van der Waals surface area contributed by atoms with Gasteiger partial charge >= 0.3 is 0 Å². The second-order valence-electron chi connectivity index (χ2n) is 8.18. The smallest absolute Gasteiger partial charge is 0.251 e. The summed E-state index contributed by atoms with van der Waals surface area (Å²) in [6.07, 6.45) is -1.05. The molecule has 198 valence electrons. The van der Waals surface area contributed by atoms with E-state index in [2.05, 4.69) is 20.8 Å². The van der Waals surface area contributed by atoms with Crippen LogP contribution in [0.3, 0.4) is 0 Å². The topological polar surface area (TPSA) is 130 Å². The fourth-order valence-electron chi connectivity index (χ4n) is 3.43. The molecule has 1 amide bonds. The van der Waals surface area contributed by atoms with Gasteiger partial charge in [0.1, 0.15) is 5.75 Å². The number of nitrogens with one attached hydrogen (secondary N) is 2. The highest BCUT2D eigenvalue weighted by molar-refractivity contribution is 6.32. The minimum absolute atomic E-state index is 0.0165. The minimum Gasteiger partial charge on any atom is -0.453 e. The van der Waals surface area contributed by atoms with Gasteiger partial charge in [-0.05, 0) is 42.5 Å². The Hall–Kier alpha value is -3.70. The first-order valence-corrected chi connectivity index (χ1v) is 12.2. The molecule has 1 heterocycles. The molecule has 9 nitrogen and oxygen atoms in total. The average molecular weight is 561 g/mol. The summed E-state index contributed by atoms with van der Waals surface area (Å²) >= 11 is 12.3. The highest BCUT2D eigenvalue weighted by Gasteiger charge is 2.19. The molecule has 1 aromatic heterocycles. The van der Waals surface area contributed by atoms with E-state index in [1.807, 2.05) is 0 Å². The largest absolute Gasteiger partial charge is 0.453 e. The number of aliphatic hydroxyl groups excluding tert-OH is 2. The van der Waals surface area contributed by atoms with Crippen molar-refractivity contribution < 1.29 is 28.6 Å². The van der Waals surface area contributed by atoms with E-state index in [1.165, 1.54) is 12.1 Å². The lowest BCUT2D eigenvalue weighted by atomic mass is 10.1. The molecule has 4 aromatic rings. The van der Waals surface area contributed by atoms with Crippen molar-refractivity contribution >= 4 is 34.8 Å². The number of hydrogen-bond donors (Lipinski definition) is 4. The number of aliphatic hydroxyl groups is 2. The van der Waals surface area contributed by atoms with Gasteiger partial charge in [-0.3, -0.25) is 4.79 Å².